The molecule has 1 saturated carbocycles. The van der Waals surface area contributed by atoms with Crippen molar-refractivity contribution >= 4 is 11.6 Å². The molecule has 104 valence electrons. The highest BCUT2D eigenvalue weighted by Gasteiger charge is 2.23. The molecule has 2 unspecified atom stereocenters. The maximum atomic E-state index is 12.0. The number of carbonyl (C=O) groups excluding carboxylic acids is 1. The number of amides is 1. The first-order valence-corrected chi connectivity index (χ1v) is 7.18. The quantitative estimate of drug-likeness (QED) is 0.857. The van der Waals surface area contributed by atoms with Gasteiger partial charge < -0.3 is 10.6 Å². The predicted molar refractivity (Wildman–Crippen MR) is 77.2 cm³/mol. The molecule has 0 saturated heterocycles. The Morgan fingerprint density at radius 3 is 2.84 bits per heavy atom. The zero-order valence-electron chi connectivity index (χ0n) is 11.8. The highest BCUT2D eigenvalue weighted by molar-refractivity contribution is 5.92. The van der Waals surface area contributed by atoms with E-state index in [0.29, 0.717) is 11.6 Å². The molecule has 0 bridgehead atoms. The van der Waals surface area contributed by atoms with Crippen molar-refractivity contribution in [2.75, 3.05) is 18.4 Å². The van der Waals surface area contributed by atoms with Gasteiger partial charge in [0.05, 0.1) is 11.9 Å². The third kappa shape index (κ3) is 3.69. The normalized spacial score (nSPS) is 22.2. The Bertz CT molecular complexity index is 416. The van der Waals surface area contributed by atoms with E-state index in [0.717, 1.165) is 24.7 Å². The van der Waals surface area contributed by atoms with Gasteiger partial charge in [-0.15, -0.1) is 0 Å². The molecule has 0 radical (unpaired) electrons. The number of hydrogen-bond acceptors (Lipinski definition) is 3. The number of anilines is 1. The number of carbonyl (C=O) groups is 1. The lowest BCUT2D eigenvalue weighted by Gasteiger charge is -2.15. The third-order valence-corrected chi connectivity index (χ3v) is 3.94. The van der Waals surface area contributed by atoms with Gasteiger partial charge in [-0.05, 0) is 37.3 Å². The summed E-state index contributed by atoms with van der Waals surface area (Å²) in [4.78, 5) is 16.2. The Balaban J connectivity index is 1.85. The van der Waals surface area contributed by atoms with E-state index >= 15 is 0 Å². The average molecular weight is 261 g/mol. The predicted octanol–water partition coefficient (Wildman–Crippen LogP) is 2.68. The maximum Gasteiger partial charge on any atom is 0.269 e. The maximum absolute atomic E-state index is 12.0. The van der Waals surface area contributed by atoms with E-state index in [2.05, 4.69) is 22.5 Å². The van der Waals surface area contributed by atoms with Gasteiger partial charge in [-0.2, -0.15) is 0 Å². The Morgan fingerprint density at radius 2 is 2.26 bits per heavy atom. The zero-order chi connectivity index (χ0) is 13.7. The van der Waals surface area contributed by atoms with Crippen molar-refractivity contribution in [3.05, 3.63) is 24.0 Å². The van der Waals surface area contributed by atoms with E-state index in [1.165, 1.54) is 19.3 Å². The lowest BCUT2D eigenvalue weighted by Crippen LogP contribution is -2.30. The van der Waals surface area contributed by atoms with Crippen LogP contribution in [0.15, 0.2) is 18.3 Å². The summed E-state index contributed by atoms with van der Waals surface area (Å²) in [5, 5.41) is 6.16. The number of hydrogen-bond donors (Lipinski definition) is 2. The van der Waals surface area contributed by atoms with Gasteiger partial charge in [0.1, 0.15) is 5.69 Å². The molecule has 0 aromatic carbocycles. The second kappa shape index (κ2) is 6.55. The van der Waals surface area contributed by atoms with Gasteiger partial charge in [0, 0.05) is 13.1 Å². The molecular formula is C15H23N3O. The summed E-state index contributed by atoms with van der Waals surface area (Å²) < 4.78 is 0. The van der Waals surface area contributed by atoms with Gasteiger partial charge in [-0.1, -0.05) is 19.8 Å². The van der Waals surface area contributed by atoms with Crippen LogP contribution in [0.3, 0.4) is 0 Å². The van der Waals surface area contributed by atoms with Crippen molar-refractivity contribution in [3.63, 3.8) is 0 Å². The van der Waals surface area contributed by atoms with E-state index in [4.69, 9.17) is 0 Å². The molecule has 19 heavy (non-hydrogen) atoms. The van der Waals surface area contributed by atoms with Gasteiger partial charge >= 0.3 is 0 Å². The largest absolute Gasteiger partial charge is 0.384 e. The molecule has 1 amide bonds. The molecule has 2 N–H and O–H groups in total. The Hall–Kier alpha value is -1.58. The van der Waals surface area contributed by atoms with Crippen LogP contribution in [0.5, 0.6) is 0 Å². The summed E-state index contributed by atoms with van der Waals surface area (Å²) >= 11 is 0. The van der Waals surface area contributed by atoms with Crippen LogP contribution in [-0.4, -0.2) is 24.0 Å². The summed E-state index contributed by atoms with van der Waals surface area (Å²) in [6, 6.07) is 3.66. The molecule has 1 aliphatic carbocycles. The number of pyridine rings is 1. The number of aromatic nitrogens is 1. The van der Waals surface area contributed by atoms with Crippen LogP contribution in [0.4, 0.5) is 5.69 Å². The van der Waals surface area contributed by atoms with E-state index in [9.17, 15) is 4.79 Å². The van der Waals surface area contributed by atoms with Crippen LogP contribution >= 0.6 is 0 Å². The van der Waals surface area contributed by atoms with Gasteiger partial charge in [0.15, 0.2) is 0 Å². The SMILES string of the molecule is CCNc1ccc(C(=O)NCC2CCCC2C)nc1. The zero-order valence-corrected chi connectivity index (χ0v) is 11.8. The Labute approximate surface area is 115 Å². The first kappa shape index (κ1) is 13.8. The molecule has 0 aliphatic heterocycles. The molecule has 1 aromatic heterocycles. The van der Waals surface area contributed by atoms with Crippen molar-refractivity contribution in [1.29, 1.82) is 0 Å². The summed E-state index contributed by atoms with van der Waals surface area (Å²) in [6.07, 6.45) is 5.51. The van der Waals surface area contributed by atoms with Gasteiger partial charge in [-0.25, -0.2) is 4.98 Å². The average Bonchev–Trinajstić information content (AvgIpc) is 2.83. The van der Waals surface area contributed by atoms with Crippen LogP contribution in [0.2, 0.25) is 0 Å². The van der Waals surface area contributed by atoms with Crippen molar-refractivity contribution in [3.8, 4) is 0 Å². The summed E-state index contributed by atoms with van der Waals surface area (Å²) in [7, 11) is 0. The molecule has 4 nitrogen and oxygen atoms in total. The Morgan fingerprint density at radius 1 is 1.42 bits per heavy atom. The third-order valence-electron chi connectivity index (χ3n) is 3.94. The Kier molecular flexibility index (Phi) is 4.77. The lowest BCUT2D eigenvalue weighted by molar-refractivity contribution is 0.0939. The highest BCUT2D eigenvalue weighted by atomic mass is 16.1. The summed E-state index contributed by atoms with van der Waals surface area (Å²) in [5.74, 6) is 1.29. The molecule has 1 heterocycles. The van der Waals surface area contributed by atoms with Crippen LogP contribution in [0, 0.1) is 11.8 Å². The minimum atomic E-state index is -0.0675. The fourth-order valence-electron chi connectivity index (χ4n) is 2.68. The van der Waals surface area contributed by atoms with Crippen molar-refractivity contribution in [1.82, 2.24) is 10.3 Å². The smallest absolute Gasteiger partial charge is 0.269 e. The summed E-state index contributed by atoms with van der Waals surface area (Å²) in [6.45, 7) is 5.93. The van der Waals surface area contributed by atoms with Gasteiger partial charge in [0.25, 0.3) is 5.91 Å². The highest BCUT2D eigenvalue weighted by Crippen LogP contribution is 2.30. The molecule has 1 aliphatic rings. The molecule has 4 heteroatoms. The fraction of sp³-hybridized carbons (Fsp3) is 0.600. The van der Waals surface area contributed by atoms with Crippen LogP contribution in [0.1, 0.15) is 43.6 Å². The fourth-order valence-corrected chi connectivity index (χ4v) is 2.68. The standard InChI is InChI=1S/C15H23N3O/c1-3-16-13-7-8-14(17-10-13)15(19)18-9-12-6-4-5-11(12)2/h7-8,10-12,16H,3-6,9H2,1-2H3,(H,18,19). The van der Waals surface area contributed by atoms with Gasteiger partial charge in [-0.3, -0.25) is 4.79 Å². The number of nitrogens with one attached hydrogen (secondary N) is 2. The molecule has 1 fully saturated rings. The topological polar surface area (TPSA) is 54.0 Å². The van der Waals surface area contributed by atoms with Crippen LogP contribution in [-0.2, 0) is 0 Å². The molecular weight excluding hydrogens is 238 g/mol. The second-order valence-electron chi connectivity index (χ2n) is 5.34. The van der Waals surface area contributed by atoms with Crippen molar-refractivity contribution in [2.45, 2.75) is 33.1 Å². The molecule has 1 aromatic rings. The van der Waals surface area contributed by atoms with E-state index in [1.54, 1.807) is 12.3 Å². The van der Waals surface area contributed by atoms with E-state index in [-0.39, 0.29) is 5.91 Å². The number of nitrogens with zero attached hydrogens (tertiary/aromatic N) is 1. The second-order valence-corrected chi connectivity index (χ2v) is 5.34. The van der Waals surface area contributed by atoms with E-state index < -0.39 is 0 Å². The first-order chi connectivity index (χ1) is 9.20. The van der Waals surface area contributed by atoms with Crippen LogP contribution < -0.4 is 10.6 Å². The number of rotatable bonds is 5. The minimum Gasteiger partial charge on any atom is -0.384 e. The monoisotopic (exact) mass is 261 g/mol. The van der Waals surface area contributed by atoms with Crippen molar-refractivity contribution < 1.29 is 4.79 Å². The van der Waals surface area contributed by atoms with E-state index in [1.807, 2.05) is 13.0 Å². The van der Waals surface area contributed by atoms with Crippen LogP contribution in [0.25, 0.3) is 0 Å². The van der Waals surface area contributed by atoms with Gasteiger partial charge in [0.2, 0.25) is 0 Å². The first-order valence-electron chi connectivity index (χ1n) is 7.18. The molecule has 2 rings (SSSR count). The molecule has 0 spiro atoms. The minimum absolute atomic E-state index is 0.0675. The summed E-state index contributed by atoms with van der Waals surface area (Å²) in [5.41, 5.74) is 1.44. The van der Waals surface area contributed by atoms with Crippen molar-refractivity contribution in [2.24, 2.45) is 11.8 Å². The molecule has 2 atom stereocenters. The lowest BCUT2D eigenvalue weighted by atomic mass is 9.98.